The average molecular weight is 347 g/mol. The second-order valence-electron chi connectivity index (χ2n) is 5.83. The molecule has 2 aromatic heterocycles. The molecule has 3 heterocycles. The summed E-state index contributed by atoms with van der Waals surface area (Å²) in [6.45, 7) is 6.41. The van der Waals surface area contributed by atoms with Gasteiger partial charge in [0, 0.05) is 56.1 Å². The third kappa shape index (κ3) is 4.27. The average Bonchev–Trinajstić information content (AvgIpc) is 2.99. The van der Waals surface area contributed by atoms with Crippen molar-refractivity contribution in [3.63, 3.8) is 0 Å². The van der Waals surface area contributed by atoms with Gasteiger partial charge in [-0.05, 0) is 13.0 Å². The Morgan fingerprint density at radius 1 is 1.25 bits per heavy atom. The van der Waals surface area contributed by atoms with Gasteiger partial charge in [-0.2, -0.15) is 5.10 Å². The first kappa shape index (κ1) is 16.8. The first-order valence-corrected chi connectivity index (χ1v) is 8.87. The van der Waals surface area contributed by atoms with E-state index in [4.69, 9.17) is 0 Å². The lowest BCUT2D eigenvalue weighted by Crippen LogP contribution is -2.50. The van der Waals surface area contributed by atoms with Crippen LogP contribution in [0.25, 0.3) is 0 Å². The molecule has 1 aliphatic rings. The van der Waals surface area contributed by atoms with Crippen molar-refractivity contribution in [2.45, 2.75) is 19.9 Å². The van der Waals surface area contributed by atoms with Crippen LogP contribution in [0.3, 0.4) is 0 Å². The zero-order valence-electron chi connectivity index (χ0n) is 13.7. The molecule has 128 valence electrons. The molecule has 0 N–H and O–H groups in total. The van der Waals surface area contributed by atoms with Gasteiger partial charge in [-0.3, -0.25) is 14.5 Å². The monoisotopic (exact) mass is 347 g/mol. The number of hydrogen-bond acceptors (Lipinski definition) is 6. The van der Waals surface area contributed by atoms with Gasteiger partial charge in [0.1, 0.15) is 0 Å². The third-order valence-corrected chi connectivity index (χ3v) is 5.05. The van der Waals surface area contributed by atoms with Crippen molar-refractivity contribution in [2.75, 3.05) is 32.7 Å². The first-order valence-electron chi connectivity index (χ1n) is 8.05. The number of thiazole rings is 1. The van der Waals surface area contributed by atoms with E-state index in [2.05, 4.69) is 15.0 Å². The predicted octanol–water partition coefficient (Wildman–Crippen LogP) is 0.395. The molecule has 2 aromatic rings. The summed E-state index contributed by atoms with van der Waals surface area (Å²) in [7, 11) is 0. The summed E-state index contributed by atoms with van der Waals surface area (Å²) >= 11 is 1.58. The Balaban J connectivity index is 1.44. The van der Waals surface area contributed by atoms with Crippen molar-refractivity contribution in [3.8, 4) is 0 Å². The minimum atomic E-state index is -0.0776. The van der Waals surface area contributed by atoms with E-state index in [-0.39, 0.29) is 11.5 Å². The van der Waals surface area contributed by atoms with Crippen molar-refractivity contribution in [1.82, 2.24) is 24.6 Å². The number of rotatable bonds is 5. The quantitative estimate of drug-likeness (QED) is 0.783. The van der Waals surface area contributed by atoms with E-state index in [1.807, 2.05) is 11.8 Å². The number of piperazine rings is 1. The molecular formula is C16H21N5O2S. The standard InChI is InChI=1S/C16H21N5O2S/c1-13-17-12-14(24-13)11-16(23)20-8-5-19(6-9-20)7-10-21-15(22)3-2-4-18-21/h2-4,12H,5-11H2,1H3. The van der Waals surface area contributed by atoms with Gasteiger partial charge in [-0.25, -0.2) is 9.67 Å². The van der Waals surface area contributed by atoms with Crippen LogP contribution < -0.4 is 5.56 Å². The Kier molecular flexibility index (Phi) is 5.37. The highest BCUT2D eigenvalue weighted by Crippen LogP contribution is 2.14. The van der Waals surface area contributed by atoms with E-state index in [0.29, 0.717) is 13.0 Å². The Labute approximate surface area is 144 Å². The Morgan fingerprint density at radius 3 is 2.71 bits per heavy atom. The molecule has 1 fully saturated rings. The first-order chi connectivity index (χ1) is 11.6. The van der Waals surface area contributed by atoms with Crippen molar-refractivity contribution in [3.05, 3.63) is 44.8 Å². The summed E-state index contributed by atoms with van der Waals surface area (Å²) < 4.78 is 1.48. The highest BCUT2D eigenvalue weighted by atomic mass is 32.1. The van der Waals surface area contributed by atoms with Crippen molar-refractivity contribution >= 4 is 17.2 Å². The molecule has 7 nitrogen and oxygen atoms in total. The lowest BCUT2D eigenvalue weighted by Gasteiger charge is -2.34. The number of carbonyl (C=O) groups is 1. The normalized spacial score (nSPS) is 15.6. The minimum absolute atomic E-state index is 0.0776. The van der Waals surface area contributed by atoms with Crippen molar-refractivity contribution in [1.29, 1.82) is 0 Å². The Hall–Kier alpha value is -2.06. The molecule has 0 radical (unpaired) electrons. The molecule has 1 saturated heterocycles. The van der Waals surface area contributed by atoms with E-state index in [1.54, 1.807) is 29.8 Å². The Morgan fingerprint density at radius 2 is 2.04 bits per heavy atom. The topological polar surface area (TPSA) is 71.3 Å². The fourth-order valence-corrected chi connectivity index (χ4v) is 3.55. The second-order valence-corrected chi connectivity index (χ2v) is 7.15. The molecule has 1 aliphatic heterocycles. The molecule has 24 heavy (non-hydrogen) atoms. The number of aromatic nitrogens is 3. The van der Waals surface area contributed by atoms with Crippen LogP contribution in [0.4, 0.5) is 0 Å². The summed E-state index contributed by atoms with van der Waals surface area (Å²) in [5.41, 5.74) is -0.0776. The molecule has 0 bridgehead atoms. The van der Waals surface area contributed by atoms with Crippen LogP contribution in [0, 0.1) is 6.92 Å². The van der Waals surface area contributed by atoms with Crippen LogP contribution in [0.5, 0.6) is 0 Å². The molecule has 8 heteroatoms. The van der Waals surface area contributed by atoms with Gasteiger partial charge in [0.05, 0.1) is 18.0 Å². The fourth-order valence-electron chi connectivity index (χ4n) is 2.76. The third-order valence-electron chi connectivity index (χ3n) is 4.13. The second kappa shape index (κ2) is 7.67. The summed E-state index contributed by atoms with van der Waals surface area (Å²) in [6.07, 6.45) is 3.85. The van der Waals surface area contributed by atoms with Crippen LogP contribution in [-0.2, 0) is 17.8 Å². The van der Waals surface area contributed by atoms with Crippen LogP contribution in [0.15, 0.2) is 29.3 Å². The fraction of sp³-hybridized carbons (Fsp3) is 0.500. The van der Waals surface area contributed by atoms with Gasteiger partial charge in [-0.1, -0.05) is 0 Å². The predicted molar refractivity (Wildman–Crippen MR) is 92.1 cm³/mol. The molecule has 0 spiro atoms. The molecule has 3 rings (SSSR count). The van der Waals surface area contributed by atoms with Crippen LogP contribution in [0.1, 0.15) is 9.88 Å². The molecule has 1 amide bonds. The molecule has 0 saturated carbocycles. The summed E-state index contributed by atoms with van der Waals surface area (Å²) in [5, 5.41) is 5.06. The van der Waals surface area contributed by atoms with Gasteiger partial charge in [-0.15, -0.1) is 11.3 Å². The van der Waals surface area contributed by atoms with Gasteiger partial charge >= 0.3 is 0 Å². The molecule has 0 aromatic carbocycles. The number of amides is 1. The lowest BCUT2D eigenvalue weighted by molar-refractivity contribution is -0.132. The maximum atomic E-state index is 12.3. The van der Waals surface area contributed by atoms with E-state index in [1.165, 1.54) is 10.7 Å². The maximum absolute atomic E-state index is 12.3. The highest BCUT2D eigenvalue weighted by Gasteiger charge is 2.21. The SMILES string of the molecule is Cc1ncc(CC(=O)N2CCN(CCn3ncccc3=O)CC2)s1. The van der Waals surface area contributed by atoms with E-state index >= 15 is 0 Å². The zero-order valence-corrected chi connectivity index (χ0v) is 14.5. The highest BCUT2D eigenvalue weighted by molar-refractivity contribution is 7.11. The maximum Gasteiger partial charge on any atom is 0.266 e. The summed E-state index contributed by atoms with van der Waals surface area (Å²) in [6, 6.07) is 3.17. The molecule has 0 unspecified atom stereocenters. The summed E-state index contributed by atoms with van der Waals surface area (Å²) in [5.74, 6) is 0.166. The zero-order chi connectivity index (χ0) is 16.9. The van der Waals surface area contributed by atoms with Gasteiger partial charge < -0.3 is 4.90 Å². The Bertz CT molecular complexity index is 749. The van der Waals surface area contributed by atoms with Crippen LogP contribution >= 0.6 is 11.3 Å². The van der Waals surface area contributed by atoms with Crippen LogP contribution in [0.2, 0.25) is 0 Å². The number of aryl methyl sites for hydroxylation is 1. The van der Waals surface area contributed by atoms with Gasteiger partial charge in [0.15, 0.2) is 0 Å². The van der Waals surface area contributed by atoms with Gasteiger partial charge in [0.2, 0.25) is 5.91 Å². The van der Waals surface area contributed by atoms with Crippen LogP contribution in [-0.4, -0.2) is 63.2 Å². The molecular weight excluding hydrogens is 326 g/mol. The van der Waals surface area contributed by atoms with Crippen molar-refractivity contribution < 1.29 is 4.79 Å². The van der Waals surface area contributed by atoms with E-state index in [0.717, 1.165) is 42.6 Å². The smallest absolute Gasteiger partial charge is 0.266 e. The minimum Gasteiger partial charge on any atom is -0.340 e. The molecule has 0 aliphatic carbocycles. The lowest BCUT2D eigenvalue weighted by atomic mass is 10.2. The molecule has 0 atom stereocenters. The van der Waals surface area contributed by atoms with E-state index < -0.39 is 0 Å². The number of hydrogen-bond donors (Lipinski definition) is 0. The summed E-state index contributed by atoms with van der Waals surface area (Å²) in [4.78, 5) is 33.4. The number of nitrogens with zero attached hydrogens (tertiary/aromatic N) is 5. The largest absolute Gasteiger partial charge is 0.340 e. The van der Waals surface area contributed by atoms with Gasteiger partial charge in [0.25, 0.3) is 5.56 Å². The van der Waals surface area contributed by atoms with E-state index in [9.17, 15) is 9.59 Å². The number of carbonyl (C=O) groups excluding carboxylic acids is 1. The van der Waals surface area contributed by atoms with Crippen molar-refractivity contribution in [2.24, 2.45) is 0 Å².